The van der Waals surface area contributed by atoms with Gasteiger partial charge in [0.2, 0.25) is 0 Å². The van der Waals surface area contributed by atoms with E-state index < -0.39 is 0 Å². The maximum Gasteiger partial charge on any atom is 0.182 e. The first-order chi connectivity index (χ1) is 6.74. The van der Waals surface area contributed by atoms with Gasteiger partial charge in [-0.15, -0.1) is 0 Å². The lowest BCUT2D eigenvalue weighted by Gasteiger charge is -2.01. The van der Waals surface area contributed by atoms with Gasteiger partial charge in [0, 0.05) is 0 Å². The fraction of sp³-hybridized carbons (Fsp3) is 0.200. The van der Waals surface area contributed by atoms with Crippen LogP contribution in [-0.4, -0.2) is 17.9 Å². The van der Waals surface area contributed by atoms with Crippen LogP contribution in [0.5, 0.6) is 5.75 Å². The second-order valence-corrected chi connectivity index (χ2v) is 2.90. The quantitative estimate of drug-likeness (QED) is 0.681. The molecule has 0 spiro atoms. The molecular formula is C10H9NO3. The summed E-state index contributed by atoms with van der Waals surface area (Å²) in [5.74, 6) is 0.563. The second kappa shape index (κ2) is 3.14. The van der Waals surface area contributed by atoms with E-state index in [1.165, 1.54) is 13.3 Å². The number of hydrogen-bond acceptors (Lipinski definition) is 4. The maximum absolute atomic E-state index is 11.2. The number of fused-ring (bicyclic) bond motifs is 1. The monoisotopic (exact) mass is 191 g/mol. The molecule has 0 aliphatic rings. The van der Waals surface area contributed by atoms with Crippen LogP contribution < -0.4 is 4.74 Å². The highest BCUT2D eigenvalue weighted by atomic mass is 16.5. The minimum atomic E-state index is -0.0468. The zero-order valence-corrected chi connectivity index (χ0v) is 7.90. The highest BCUT2D eigenvalue weighted by Gasteiger charge is 2.13. The molecule has 0 saturated heterocycles. The average Bonchev–Trinajstić information content (AvgIpc) is 2.64. The van der Waals surface area contributed by atoms with Gasteiger partial charge in [-0.2, -0.15) is 0 Å². The molecule has 0 atom stereocenters. The predicted molar refractivity (Wildman–Crippen MR) is 50.6 cm³/mol. The molecule has 0 aliphatic carbocycles. The molecule has 1 aromatic heterocycles. The Kier molecular flexibility index (Phi) is 1.96. The summed E-state index contributed by atoms with van der Waals surface area (Å²) in [5.41, 5.74) is 1.59. The van der Waals surface area contributed by atoms with E-state index in [1.807, 2.05) is 0 Å². The molecule has 0 aliphatic heterocycles. The molecule has 2 rings (SSSR count). The highest BCUT2D eigenvalue weighted by molar-refractivity contribution is 6.05. The van der Waals surface area contributed by atoms with Gasteiger partial charge in [0.1, 0.15) is 5.75 Å². The van der Waals surface area contributed by atoms with Crippen molar-refractivity contribution in [3.8, 4) is 5.75 Å². The summed E-state index contributed by atoms with van der Waals surface area (Å²) in [7, 11) is 1.55. The van der Waals surface area contributed by atoms with Crippen molar-refractivity contribution < 1.29 is 13.9 Å². The molecule has 1 aromatic carbocycles. The topological polar surface area (TPSA) is 52.3 Å². The number of aromatic nitrogens is 1. The molecule has 4 nitrogen and oxygen atoms in total. The number of ether oxygens (including phenoxy) is 1. The fourth-order valence-electron chi connectivity index (χ4n) is 1.37. The van der Waals surface area contributed by atoms with Gasteiger partial charge >= 0.3 is 0 Å². The molecule has 0 bridgehead atoms. The van der Waals surface area contributed by atoms with Gasteiger partial charge in [-0.25, -0.2) is 4.98 Å². The van der Waals surface area contributed by atoms with Gasteiger partial charge in [-0.05, 0) is 19.1 Å². The van der Waals surface area contributed by atoms with E-state index in [1.54, 1.807) is 19.2 Å². The molecule has 1 heterocycles. The summed E-state index contributed by atoms with van der Waals surface area (Å²) in [6.45, 7) is 1.49. The molecule has 4 heteroatoms. The molecule has 0 radical (unpaired) electrons. The lowest BCUT2D eigenvalue weighted by atomic mass is 10.1. The van der Waals surface area contributed by atoms with Crippen LogP contribution in [0.3, 0.4) is 0 Å². The van der Waals surface area contributed by atoms with Crippen LogP contribution in [0.1, 0.15) is 17.3 Å². The Bertz CT molecular complexity index is 487. The van der Waals surface area contributed by atoms with Crippen LogP contribution in [0.25, 0.3) is 11.1 Å². The van der Waals surface area contributed by atoms with Gasteiger partial charge in [0.05, 0.1) is 12.7 Å². The number of Topliss-reactive ketones (excluding diaryl/α,β-unsaturated/α-hetero) is 1. The summed E-state index contributed by atoms with van der Waals surface area (Å²) in [6.07, 6.45) is 1.31. The van der Waals surface area contributed by atoms with Crippen LogP contribution in [0.15, 0.2) is 22.9 Å². The van der Waals surface area contributed by atoms with E-state index in [0.717, 1.165) is 0 Å². The minimum Gasteiger partial charge on any atom is -0.494 e. The molecule has 14 heavy (non-hydrogen) atoms. The van der Waals surface area contributed by atoms with Crippen molar-refractivity contribution >= 4 is 16.9 Å². The van der Waals surface area contributed by atoms with Crippen LogP contribution >= 0.6 is 0 Å². The van der Waals surface area contributed by atoms with E-state index >= 15 is 0 Å². The van der Waals surface area contributed by atoms with Gasteiger partial charge in [-0.1, -0.05) is 0 Å². The van der Waals surface area contributed by atoms with Gasteiger partial charge < -0.3 is 9.15 Å². The predicted octanol–water partition coefficient (Wildman–Crippen LogP) is 2.04. The normalized spacial score (nSPS) is 10.4. The van der Waals surface area contributed by atoms with Crippen molar-refractivity contribution in [3.63, 3.8) is 0 Å². The molecule has 72 valence electrons. The Morgan fingerprint density at radius 2 is 2.29 bits per heavy atom. The number of nitrogens with zero attached hydrogens (tertiary/aromatic N) is 1. The van der Waals surface area contributed by atoms with Crippen molar-refractivity contribution in [2.24, 2.45) is 0 Å². The van der Waals surface area contributed by atoms with Crippen LogP contribution in [0.2, 0.25) is 0 Å². The van der Waals surface area contributed by atoms with Crippen molar-refractivity contribution in [2.75, 3.05) is 7.11 Å². The number of rotatable bonds is 2. The Hall–Kier alpha value is -1.84. The van der Waals surface area contributed by atoms with Crippen molar-refractivity contribution in [3.05, 3.63) is 24.1 Å². The molecule has 0 amide bonds. The second-order valence-electron chi connectivity index (χ2n) is 2.90. The molecular weight excluding hydrogens is 182 g/mol. The van der Waals surface area contributed by atoms with Crippen molar-refractivity contribution in [1.29, 1.82) is 0 Å². The first-order valence-corrected chi connectivity index (χ1v) is 4.15. The minimum absolute atomic E-state index is 0.0468. The lowest BCUT2D eigenvalue weighted by Crippen LogP contribution is -1.94. The summed E-state index contributed by atoms with van der Waals surface area (Å²) < 4.78 is 10.2. The zero-order valence-electron chi connectivity index (χ0n) is 7.90. The summed E-state index contributed by atoms with van der Waals surface area (Å²) in [6, 6.07) is 3.39. The Labute approximate surface area is 80.5 Å². The maximum atomic E-state index is 11.2. The van der Waals surface area contributed by atoms with Gasteiger partial charge in [0.15, 0.2) is 23.3 Å². The van der Waals surface area contributed by atoms with Gasteiger partial charge in [0.25, 0.3) is 0 Å². The third-order valence-corrected chi connectivity index (χ3v) is 2.05. The van der Waals surface area contributed by atoms with Crippen molar-refractivity contribution in [1.82, 2.24) is 4.98 Å². The Morgan fingerprint density at radius 1 is 1.50 bits per heavy atom. The first-order valence-electron chi connectivity index (χ1n) is 4.15. The smallest absolute Gasteiger partial charge is 0.182 e. The largest absolute Gasteiger partial charge is 0.494 e. The van der Waals surface area contributed by atoms with E-state index in [-0.39, 0.29) is 5.78 Å². The first kappa shape index (κ1) is 8.74. The number of methoxy groups -OCH3 is 1. The number of ketones is 1. The molecule has 0 fully saturated rings. The summed E-state index contributed by atoms with van der Waals surface area (Å²) in [5, 5.41) is 0. The third kappa shape index (κ3) is 1.16. The van der Waals surface area contributed by atoms with Crippen molar-refractivity contribution in [2.45, 2.75) is 6.92 Å². The lowest BCUT2D eigenvalue weighted by molar-refractivity contribution is 0.101. The SMILES string of the molecule is COc1ccc(C(C)=O)c2ocnc12. The summed E-state index contributed by atoms with van der Waals surface area (Å²) >= 11 is 0. The highest BCUT2D eigenvalue weighted by Crippen LogP contribution is 2.27. The molecule has 0 N–H and O–H groups in total. The summed E-state index contributed by atoms with van der Waals surface area (Å²) in [4.78, 5) is 15.2. The van der Waals surface area contributed by atoms with E-state index in [9.17, 15) is 4.79 Å². The Balaban J connectivity index is 2.78. The van der Waals surface area contributed by atoms with Crippen LogP contribution in [-0.2, 0) is 0 Å². The number of benzene rings is 1. The van der Waals surface area contributed by atoms with Gasteiger partial charge in [-0.3, -0.25) is 4.79 Å². The number of oxazole rings is 1. The molecule has 0 saturated carbocycles. The zero-order chi connectivity index (χ0) is 10.1. The van der Waals surface area contributed by atoms with Crippen LogP contribution in [0, 0.1) is 0 Å². The van der Waals surface area contributed by atoms with E-state index in [0.29, 0.717) is 22.4 Å². The molecule has 0 unspecified atom stereocenters. The average molecular weight is 191 g/mol. The number of hydrogen-bond donors (Lipinski definition) is 0. The number of carbonyl (C=O) groups is 1. The third-order valence-electron chi connectivity index (χ3n) is 2.05. The van der Waals surface area contributed by atoms with E-state index in [2.05, 4.69) is 4.98 Å². The number of carbonyl (C=O) groups excluding carboxylic acids is 1. The standard InChI is InChI=1S/C10H9NO3/c1-6(12)7-3-4-8(13-2)9-10(7)14-5-11-9/h3-5H,1-2H3. The Morgan fingerprint density at radius 3 is 2.93 bits per heavy atom. The van der Waals surface area contributed by atoms with Crippen LogP contribution in [0.4, 0.5) is 0 Å². The fourth-order valence-corrected chi connectivity index (χ4v) is 1.37. The van der Waals surface area contributed by atoms with E-state index in [4.69, 9.17) is 9.15 Å². The molecule has 2 aromatic rings.